The normalized spacial score (nSPS) is 10.5. The Bertz CT molecular complexity index is 1300. The first-order valence-corrected chi connectivity index (χ1v) is 10.1. The molecule has 8 nitrogen and oxygen atoms in total. The number of nitrogens with one attached hydrogen (secondary N) is 2. The maximum absolute atomic E-state index is 13.5. The Morgan fingerprint density at radius 1 is 1.00 bits per heavy atom. The lowest BCUT2D eigenvalue weighted by Gasteiger charge is -2.10. The van der Waals surface area contributed by atoms with E-state index in [4.69, 9.17) is 22.1 Å². The lowest BCUT2D eigenvalue weighted by Crippen LogP contribution is -2.20. The number of rotatable bonds is 5. The number of hydrogen-bond donors (Lipinski definition) is 3. The lowest BCUT2D eigenvalue weighted by molar-refractivity contribution is 0.262. The van der Waals surface area contributed by atoms with Gasteiger partial charge in [-0.25, -0.2) is 24.1 Å². The summed E-state index contributed by atoms with van der Waals surface area (Å²) in [4.78, 5) is 24.2. The summed E-state index contributed by atoms with van der Waals surface area (Å²) in [6.45, 7) is 1.86. The molecule has 2 aromatic heterocycles. The zero-order chi connectivity index (χ0) is 23.4. The van der Waals surface area contributed by atoms with Crippen molar-refractivity contribution in [3.8, 4) is 22.9 Å². The van der Waals surface area contributed by atoms with E-state index in [0.717, 1.165) is 11.8 Å². The smallest absolute Gasteiger partial charge is 0.323 e. The van der Waals surface area contributed by atoms with Crippen molar-refractivity contribution in [2.24, 2.45) is 0 Å². The minimum atomic E-state index is -0.474. The van der Waals surface area contributed by atoms with E-state index < -0.39 is 11.8 Å². The van der Waals surface area contributed by atoms with Crippen molar-refractivity contribution in [2.45, 2.75) is 6.92 Å². The van der Waals surface area contributed by atoms with Gasteiger partial charge in [0.05, 0.1) is 24.3 Å². The fourth-order valence-corrected chi connectivity index (χ4v) is 3.11. The van der Waals surface area contributed by atoms with Crippen molar-refractivity contribution >= 4 is 34.8 Å². The van der Waals surface area contributed by atoms with Gasteiger partial charge in [-0.1, -0.05) is 29.8 Å². The zero-order valence-corrected chi connectivity index (χ0v) is 18.1. The third kappa shape index (κ3) is 5.52. The Labute approximate surface area is 193 Å². The summed E-state index contributed by atoms with van der Waals surface area (Å²) in [6.07, 6.45) is 3.90. The number of ether oxygens (including phenoxy) is 1. The van der Waals surface area contributed by atoms with E-state index in [9.17, 15) is 9.18 Å². The minimum Gasteiger partial charge on any atom is -0.424 e. The number of nitrogen functional groups attached to an aromatic ring is 1. The molecule has 4 aromatic rings. The molecule has 0 atom stereocenters. The minimum absolute atomic E-state index is 0.0892. The molecule has 4 rings (SSSR count). The molecule has 4 N–H and O–H groups in total. The fraction of sp³-hybridized carbons (Fsp3) is 0.0435. The number of urea groups is 1. The van der Waals surface area contributed by atoms with Gasteiger partial charge in [0.15, 0.2) is 0 Å². The molecule has 0 radical (unpaired) electrons. The van der Waals surface area contributed by atoms with Crippen molar-refractivity contribution in [3.05, 3.63) is 83.5 Å². The number of aryl methyl sites for hydroxylation is 1. The Hall–Kier alpha value is -4.24. The topological polar surface area (TPSA) is 115 Å². The van der Waals surface area contributed by atoms with Crippen molar-refractivity contribution in [3.63, 3.8) is 0 Å². The van der Waals surface area contributed by atoms with E-state index >= 15 is 0 Å². The van der Waals surface area contributed by atoms with Gasteiger partial charge in [0, 0.05) is 16.3 Å². The summed E-state index contributed by atoms with van der Waals surface area (Å²) in [5, 5.41) is 5.88. The molecule has 0 unspecified atom stereocenters. The van der Waals surface area contributed by atoms with Gasteiger partial charge in [-0.05, 0) is 48.4 Å². The number of pyridine rings is 1. The second-order valence-corrected chi connectivity index (χ2v) is 7.44. The van der Waals surface area contributed by atoms with E-state index in [2.05, 4.69) is 25.6 Å². The molecular weight excluding hydrogens is 447 g/mol. The zero-order valence-electron chi connectivity index (χ0n) is 17.3. The SMILES string of the molecule is Cc1ccc(Cl)cc1NC(=O)Nc1cnc(Oc2ccc(-c3cc(F)cnc3N)cc2)nc1. The van der Waals surface area contributed by atoms with Crippen molar-refractivity contribution < 1.29 is 13.9 Å². The highest BCUT2D eigenvalue weighted by atomic mass is 35.5. The van der Waals surface area contributed by atoms with Gasteiger partial charge in [0.25, 0.3) is 0 Å². The van der Waals surface area contributed by atoms with Gasteiger partial charge in [0.2, 0.25) is 0 Å². The van der Waals surface area contributed by atoms with Gasteiger partial charge in [-0.3, -0.25) is 0 Å². The molecule has 10 heteroatoms. The third-order valence-electron chi connectivity index (χ3n) is 4.59. The van der Waals surface area contributed by atoms with Crippen LogP contribution in [0.5, 0.6) is 11.8 Å². The molecule has 0 fully saturated rings. The molecular formula is C23H18ClFN6O2. The molecule has 0 aliphatic carbocycles. The van der Waals surface area contributed by atoms with Crippen LogP contribution in [0.4, 0.5) is 26.4 Å². The van der Waals surface area contributed by atoms with Crippen molar-refractivity contribution in [1.82, 2.24) is 15.0 Å². The molecule has 0 spiro atoms. The van der Waals surface area contributed by atoms with E-state index in [-0.39, 0.29) is 11.8 Å². The Balaban J connectivity index is 1.38. The van der Waals surface area contributed by atoms with Crippen LogP contribution >= 0.6 is 11.6 Å². The van der Waals surface area contributed by atoms with E-state index in [1.54, 1.807) is 36.4 Å². The number of hydrogen-bond acceptors (Lipinski definition) is 6. The Morgan fingerprint density at radius 3 is 2.45 bits per heavy atom. The molecule has 0 saturated carbocycles. The van der Waals surface area contributed by atoms with Gasteiger partial charge in [0.1, 0.15) is 17.4 Å². The van der Waals surface area contributed by atoms with Crippen LogP contribution < -0.4 is 21.1 Å². The highest BCUT2D eigenvalue weighted by molar-refractivity contribution is 6.31. The molecule has 33 heavy (non-hydrogen) atoms. The largest absolute Gasteiger partial charge is 0.424 e. The Morgan fingerprint density at radius 2 is 1.73 bits per heavy atom. The average Bonchev–Trinajstić information content (AvgIpc) is 2.80. The molecule has 0 aliphatic rings. The maximum atomic E-state index is 13.5. The average molecular weight is 465 g/mol. The Kier molecular flexibility index (Phi) is 6.32. The van der Waals surface area contributed by atoms with Crippen LogP contribution in [0, 0.1) is 12.7 Å². The third-order valence-corrected chi connectivity index (χ3v) is 4.83. The van der Waals surface area contributed by atoms with Crippen molar-refractivity contribution in [1.29, 1.82) is 0 Å². The van der Waals surface area contributed by atoms with Crippen LogP contribution in [0.1, 0.15) is 5.56 Å². The highest BCUT2D eigenvalue weighted by Gasteiger charge is 2.09. The molecule has 2 heterocycles. The summed E-state index contributed by atoms with van der Waals surface area (Å²) in [7, 11) is 0. The molecule has 0 saturated heterocycles. The number of anilines is 3. The number of benzene rings is 2. The number of nitrogens with two attached hydrogens (primary N) is 1. The summed E-state index contributed by atoms with van der Waals surface area (Å²) in [5.74, 6) is 0.223. The molecule has 0 aliphatic heterocycles. The number of carbonyl (C=O) groups excluding carboxylic acids is 1. The van der Waals surface area contributed by atoms with Gasteiger partial charge >= 0.3 is 12.0 Å². The standard InChI is InChI=1S/C23H18ClFN6O2/c1-13-2-5-15(24)8-20(13)31-22(32)30-17-11-28-23(29-12-17)33-18-6-3-14(4-7-18)19-9-16(25)10-27-21(19)26/h2-12H,1H3,(H2,26,27)(H2,30,31,32). The van der Waals surface area contributed by atoms with E-state index in [0.29, 0.717) is 33.3 Å². The number of amides is 2. The van der Waals surface area contributed by atoms with Crippen LogP contribution in [-0.4, -0.2) is 21.0 Å². The number of carbonyl (C=O) groups is 1. The van der Waals surface area contributed by atoms with Crippen LogP contribution in [0.15, 0.2) is 67.1 Å². The summed E-state index contributed by atoms with van der Waals surface area (Å²) >= 11 is 5.97. The fourth-order valence-electron chi connectivity index (χ4n) is 2.94. The summed E-state index contributed by atoms with van der Waals surface area (Å²) in [5.41, 5.74) is 8.84. The number of halogens is 2. The predicted molar refractivity (Wildman–Crippen MR) is 125 cm³/mol. The highest BCUT2D eigenvalue weighted by Crippen LogP contribution is 2.28. The van der Waals surface area contributed by atoms with Gasteiger partial charge in [-0.2, -0.15) is 0 Å². The second kappa shape index (κ2) is 9.49. The molecule has 166 valence electrons. The first-order valence-electron chi connectivity index (χ1n) is 9.73. The first kappa shape index (κ1) is 22.0. The molecule has 2 aromatic carbocycles. The predicted octanol–water partition coefficient (Wildman–Crippen LogP) is 5.66. The van der Waals surface area contributed by atoms with Crippen LogP contribution in [0.2, 0.25) is 5.02 Å². The van der Waals surface area contributed by atoms with Crippen LogP contribution in [0.3, 0.4) is 0 Å². The second-order valence-electron chi connectivity index (χ2n) is 7.01. The van der Waals surface area contributed by atoms with Crippen molar-refractivity contribution in [2.75, 3.05) is 16.4 Å². The van der Waals surface area contributed by atoms with Crippen LogP contribution in [-0.2, 0) is 0 Å². The lowest BCUT2D eigenvalue weighted by atomic mass is 10.1. The molecule has 2 amide bonds. The summed E-state index contributed by atoms with van der Waals surface area (Å²) in [6, 6.07) is 13.0. The van der Waals surface area contributed by atoms with Gasteiger partial charge < -0.3 is 21.1 Å². The van der Waals surface area contributed by atoms with E-state index in [1.165, 1.54) is 18.5 Å². The number of aromatic nitrogens is 3. The van der Waals surface area contributed by atoms with E-state index in [1.807, 2.05) is 13.0 Å². The molecule has 0 bridgehead atoms. The monoisotopic (exact) mass is 464 g/mol. The van der Waals surface area contributed by atoms with Gasteiger partial charge in [-0.15, -0.1) is 0 Å². The maximum Gasteiger partial charge on any atom is 0.323 e. The van der Waals surface area contributed by atoms with Crippen LogP contribution in [0.25, 0.3) is 11.1 Å². The quantitative estimate of drug-likeness (QED) is 0.351. The number of nitrogens with zero attached hydrogens (tertiary/aromatic N) is 3. The first-order chi connectivity index (χ1) is 15.9. The summed E-state index contributed by atoms with van der Waals surface area (Å²) < 4.78 is 19.1.